The van der Waals surface area contributed by atoms with Gasteiger partial charge in [-0.15, -0.1) is 6.58 Å². The van der Waals surface area contributed by atoms with Crippen molar-refractivity contribution in [2.75, 3.05) is 0 Å². The van der Waals surface area contributed by atoms with Crippen LogP contribution in [0.3, 0.4) is 0 Å². The van der Waals surface area contributed by atoms with Gasteiger partial charge in [-0.05, 0) is 30.5 Å². The van der Waals surface area contributed by atoms with E-state index in [-0.39, 0.29) is 0 Å². The van der Waals surface area contributed by atoms with Gasteiger partial charge in [0, 0.05) is 0 Å². The lowest BCUT2D eigenvalue weighted by Crippen LogP contribution is -2.45. The van der Waals surface area contributed by atoms with E-state index in [1.54, 1.807) is 0 Å². The first-order valence-corrected chi connectivity index (χ1v) is 8.87. The third kappa shape index (κ3) is 4.11. The summed E-state index contributed by atoms with van der Waals surface area (Å²) in [5.41, 5.74) is 0. The first-order valence-electron chi connectivity index (χ1n) is 5.96. The van der Waals surface area contributed by atoms with Gasteiger partial charge in [0.1, 0.15) is 0 Å². The molecule has 0 unspecified atom stereocenters. The van der Waals surface area contributed by atoms with Gasteiger partial charge in [-0.25, -0.2) is 0 Å². The fourth-order valence-electron chi connectivity index (χ4n) is 1.27. The summed E-state index contributed by atoms with van der Waals surface area (Å²) >= 11 is 0. The predicted molar refractivity (Wildman–Crippen MR) is 71.7 cm³/mol. The molecule has 2 atom stereocenters. The molecule has 2 heteroatoms. The van der Waals surface area contributed by atoms with Crippen molar-refractivity contribution in [1.29, 1.82) is 0 Å². The van der Waals surface area contributed by atoms with Crippen LogP contribution in [0.5, 0.6) is 0 Å². The molecule has 0 fully saturated rings. The largest absolute Gasteiger partial charge is 0.413 e. The Kier molecular flexibility index (Phi) is 5.28. The van der Waals surface area contributed by atoms with Crippen molar-refractivity contribution in [2.24, 2.45) is 5.92 Å². The predicted octanol–water partition coefficient (Wildman–Crippen LogP) is 4.61. The Morgan fingerprint density at radius 1 is 1.33 bits per heavy atom. The Morgan fingerprint density at radius 2 is 1.80 bits per heavy atom. The van der Waals surface area contributed by atoms with Crippen LogP contribution in [-0.2, 0) is 4.43 Å². The summed E-state index contributed by atoms with van der Waals surface area (Å²) < 4.78 is 6.37. The van der Waals surface area contributed by atoms with Crippen LogP contribution in [0.2, 0.25) is 18.1 Å². The van der Waals surface area contributed by atoms with Gasteiger partial charge < -0.3 is 4.43 Å². The fraction of sp³-hybridized carbons (Fsp3) is 0.846. The number of hydrogen-bond acceptors (Lipinski definition) is 1. The zero-order valence-corrected chi connectivity index (χ0v) is 12.6. The molecule has 0 aliphatic rings. The lowest BCUT2D eigenvalue weighted by Gasteiger charge is -2.40. The molecule has 0 radical (unpaired) electrons. The molecule has 0 rings (SSSR count). The Labute approximate surface area is 97.0 Å². The molecule has 0 heterocycles. The Morgan fingerprint density at radius 3 is 2.07 bits per heavy atom. The summed E-state index contributed by atoms with van der Waals surface area (Å²) in [7, 11) is -1.62. The van der Waals surface area contributed by atoms with E-state index in [4.69, 9.17) is 4.43 Å². The van der Waals surface area contributed by atoms with Gasteiger partial charge >= 0.3 is 0 Å². The first kappa shape index (κ1) is 14.9. The SMILES string of the molecule is C=C[C@H](C)[C@@H](CC)O[Si](C)(C)C(C)(C)C. The van der Waals surface area contributed by atoms with Crippen molar-refractivity contribution in [2.45, 2.75) is 65.3 Å². The second-order valence-corrected chi connectivity index (χ2v) is 10.7. The van der Waals surface area contributed by atoms with Crippen molar-refractivity contribution in [3.63, 3.8) is 0 Å². The lowest BCUT2D eigenvalue weighted by molar-refractivity contribution is 0.141. The smallest absolute Gasteiger partial charge is 0.192 e. The van der Waals surface area contributed by atoms with Gasteiger partial charge in [-0.3, -0.25) is 0 Å². The van der Waals surface area contributed by atoms with E-state index in [1.165, 1.54) is 0 Å². The summed E-state index contributed by atoms with van der Waals surface area (Å²) in [6, 6.07) is 0. The molecule has 90 valence electrons. The highest BCUT2D eigenvalue weighted by Gasteiger charge is 2.39. The normalized spacial score (nSPS) is 17.3. The molecule has 0 aromatic heterocycles. The maximum atomic E-state index is 6.37. The van der Waals surface area contributed by atoms with Crippen molar-refractivity contribution in [3.05, 3.63) is 12.7 Å². The number of rotatable bonds is 5. The molecule has 0 aromatic rings. The molecule has 0 saturated carbocycles. The van der Waals surface area contributed by atoms with Crippen molar-refractivity contribution < 1.29 is 4.43 Å². The molecule has 0 aliphatic heterocycles. The summed E-state index contributed by atoms with van der Waals surface area (Å²) in [6.07, 6.45) is 3.41. The van der Waals surface area contributed by atoms with Gasteiger partial charge in [-0.1, -0.05) is 40.7 Å². The van der Waals surface area contributed by atoms with Crippen LogP contribution in [0.1, 0.15) is 41.0 Å². The molecule has 0 aliphatic carbocycles. The van der Waals surface area contributed by atoms with Crippen LogP contribution in [0.4, 0.5) is 0 Å². The van der Waals surface area contributed by atoms with Gasteiger partial charge in [0.2, 0.25) is 0 Å². The van der Waals surface area contributed by atoms with Gasteiger partial charge in [0.05, 0.1) is 6.10 Å². The second kappa shape index (κ2) is 5.31. The van der Waals surface area contributed by atoms with Gasteiger partial charge in [0.25, 0.3) is 0 Å². The third-order valence-electron chi connectivity index (χ3n) is 3.61. The molecule has 15 heavy (non-hydrogen) atoms. The zero-order chi connectivity index (χ0) is 12.3. The van der Waals surface area contributed by atoms with E-state index in [0.29, 0.717) is 17.1 Å². The maximum Gasteiger partial charge on any atom is 0.192 e. The monoisotopic (exact) mass is 228 g/mol. The zero-order valence-electron chi connectivity index (χ0n) is 11.6. The standard InChI is InChI=1S/C13H28OSi/c1-9-11(3)12(10-2)14-15(7,8)13(4,5)6/h9,11-12H,1,10H2,2-8H3/t11-,12+/m0/s1. The van der Waals surface area contributed by atoms with E-state index in [9.17, 15) is 0 Å². The van der Waals surface area contributed by atoms with Gasteiger partial charge in [-0.2, -0.15) is 0 Å². The average Bonchev–Trinajstić information content (AvgIpc) is 2.11. The lowest BCUT2D eigenvalue weighted by atomic mass is 10.0. The van der Waals surface area contributed by atoms with Crippen LogP contribution in [0.15, 0.2) is 12.7 Å². The van der Waals surface area contributed by atoms with Crippen molar-refractivity contribution in [3.8, 4) is 0 Å². The van der Waals surface area contributed by atoms with Crippen LogP contribution in [0, 0.1) is 5.92 Å². The molecule has 0 spiro atoms. The highest BCUT2D eigenvalue weighted by Crippen LogP contribution is 2.38. The van der Waals surface area contributed by atoms with Crippen molar-refractivity contribution >= 4 is 8.32 Å². The highest BCUT2D eigenvalue weighted by molar-refractivity contribution is 6.74. The summed E-state index contributed by atoms with van der Waals surface area (Å²) in [5, 5.41) is 0.293. The maximum absolute atomic E-state index is 6.37. The van der Waals surface area contributed by atoms with Crippen LogP contribution < -0.4 is 0 Å². The molecule has 0 saturated heterocycles. The first-order chi connectivity index (χ1) is 6.65. The Hall–Kier alpha value is -0.0831. The minimum Gasteiger partial charge on any atom is -0.413 e. The summed E-state index contributed by atoms with van der Waals surface area (Å²) in [5.74, 6) is 0.448. The summed E-state index contributed by atoms with van der Waals surface area (Å²) in [6.45, 7) is 19.7. The second-order valence-electron chi connectivity index (χ2n) is 5.92. The van der Waals surface area contributed by atoms with E-state index in [1.807, 2.05) is 6.08 Å². The van der Waals surface area contributed by atoms with Crippen LogP contribution in [-0.4, -0.2) is 14.4 Å². The molecule has 0 N–H and O–H groups in total. The summed E-state index contributed by atoms with van der Waals surface area (Å²) in [4.78, 5) is 0. The Bertz CT molecular complexity index is 203. The fourth-order valence-corrected chi connectivity index (χ4v) is 2.76. The highest BCUT2D eigenvalue weighted by atomic mass is 28.4. The molecule has 0 aromatic carbocycles. The van der Waals surface area contributed by atoms with E-state index >= 15 is 0 Å². The van der Waals surface area contributed by atoms with Crippen LogP contribution >= 0.6 is 0 Å². The van der Waals surface area contributed by atoms with Crippen LogP contribution in [0.25, 0.3) is 0 Å². The Balaban J connectivity index is 4.61. The molecule has 0 bridgehead atoms. The molecule has 0 amide bonds. The minimum absolute atomic E-state index is 0.293. The van der Waals surface area contributed by atoms with Crippen molar-refractivity contribution in [1.82, 2.24) is 0 Å². The van der Waals surface area contributed by atoms with E-state index < -0.39 is 8.32 Å². The molecule has 1 nitrogen and oxygen atoms in total. The third-order valence-corrected chi connectivity index (χ3v) is 8.12. The number of hydrogen-bond donors (Lipinski definition) is 0. The molecular weight excluding hydrogens is 200 g/mol. The quantitative estimate of drug-likeness (QED) is 0.493. The molecular formula is C13H28OSi. The topological polar surface area (TPSA) is 9.23 Å². The van der Waals surface area contributed by atoms with E-state index in [2.05, 4.69) is 54.3 Å². The van der Waals surface area contributed by atoms with E-state index in [0.717, 1.165) is 6.42 Å². The minimum atomic E-state index is -1.62. The van der Waals surface area contributed by atoms with Gasteiger partial charge in [0.15, 0.2) is 8.32 Å². The average molecular weight is 228 g/mol.